The van der Waals surface area contributed by atoms with Crippen LogP contribution in [-0.4, -0.2) is 15.8 Å². The van der Waals surface area contributed by atoms with Gasteiger partial charge in [0.15, 0.2) is 0 Å². The Morgan fingerprint density at radius 2 is 2.06 bits per heavy atom. The van der Waals surface area contributed by atoms with Gasteiger partial charge in [0, 0.05) is 13.1 Å². The normalized spacial score (nSPS) is 10.1. The summed E-state index contributed by atoms with van der Waals surface area (Å²) in [7, 11) is 0. The van der Waals surface area contributed by atoms with Gasteiger partial charge in [0.1, 0.15) is 0 Å². The van der Waals surface area contributed by atoms with Gasteiger partial charge in [0.2, 0.25) is 5.91 Å². The zero-order valence-corrected chi connectivity index (χ0v) is 9.08. The van der Waals surface area contributed by atoms with E-state index in [0.29, 0.717) is 6.54 Å². The number of carbonyl (C=O) groups excluding carboxylic acids is 1. The van der Waals surface area contributed by atoms with Gasteiger partial charge in [0.25, 0.3) is 0 Å². The second-order valence-corrected chi connectivity index (χ2v) is 3.49. The van der Waals surface area contributed by atoms with E-state index >= 15 is 0 Å². The van der Waals surface area contributed by atoms with E-state index in [1.54, 1.807) is 28.3 Å². The molecule has 0 spiro atoms. The second kappa shape index (κ2) is 4.61. The van der Waals surface area contributed by atoms with Gasteiger partial charge in [0.05, 0.1) is 12.7 Å². The first-order chi connectivity index (χ1) is 7.77. The fraction of sp³-hybridized carbons (Fsp3) is 0.167. The lowest BCUT2D eigenvalue weighted by molar-refractivity contribution is -0.118. The second-order valence-electron chi connectivity index (χ2n) is 3.49. The molecule has 0 fully saturated rings. The monoisotopic (exact) mass is 215 g/mol. The highest BCUT2D eigenvalue weighted by Gasteiger charge is 2.10. The lowest BCUT2D eigenvalue weighted by Crippen LogP contribution is -2.38. The minimum absolute atomic E-state index is 0.0347. The molecular formula is C12H13N3O. The van der Waals surface area contributed by atoms with Gasteiger partial charge in [-0.05, 0) is 11.6 Å². The van der Waals surface area contributed by atoms with Gasteiger partial charge in [-0.1, -0.05) is 30.3 Å². The molecule has 4 nitrogen and oxygen atoms in total. The highest BCUT2D eigenvalue weighted by molar-refractivity contribution is 5.83. The molecule has 0 radical (unpaired) electrons. The summed E-state index contributed by atoms with van der Waals surface area (Å²) in [6, 6.07) is 11.6. The molecule has 1 amide bonds. The summed E-state index contributed by atoms with van der Waals surface area (Å²) in [6.45, 7) is 2.06. The number of amides is 1. The lowest BCUT2D eigenvalue weighted by Gasteiger charge is -2.20. The van der Waals surface area contributed by atoms with Crippen LogP contribution in [-0.2, 0) is 11.3 Å². The predicted octanol–water partition coefficient (Wildman–Crippen LogP) is 1.57. The molecule has 0 saturated carbocycles. The molecule has 0 aliphatic rings. The fourth-order valence-corrected chi connectivity index (χ4v) is 1.49. The van der Waals surface area contributed by atoms with Crippen LogP contribution in [0.3, 0.4) is 0 Å². The average molecular weight is 215 g/mol. The van der Waals surface area contributed by atoms with Crippen molar-refractivity contribution in [2.75, 3.05) is 5.01 Å². The Kier molecular flexibility index (Phi) is 3.00. The topological polar surface area (TPSA) is 38.1 Å². The van der Waals surface area contributed by atoms with E-state index in [4.69, 9.17) is 0 Å². The maximum absolute atomic E-state index is 11.5. The summed E-state index contributed by atoms with van der Waals surface area (Å²) in [5.41, 5.74) is 1.08. The average Bonchev–Trinajstić information content (AvgIpc) is 2.80. The lowest BCUT2D eigenvalue weighted by atomic mass is 10.2. The molecule has 0 saturated heterocycles. The molecule has 82 valence electrons. The van der Waals surface area contributed by atoms with Crippen LogP contribution in [0.5, 0.6) is 0 Å². The Hall–Kier alpha value is -2.10. The first-order valence-electron chi connectivity index (χ1n) is 5.09. The third-order valence-corrected chi connectivity index (χ3v) is 2.28. The molecule has 2 rings (SSSR count). The zero-order chi connectivity index (χ0) is 11.4. The summed E-state index contributed by atoms with van der Waals surface area (Å²) >= 11 is 0. The number of aromatic nitrogens is 2. The smallest absolute Gasteiger partial charge is 0.239 e. The molecule has 0 aliphatic heterocycles. The van der Waals surface area contributed by atoms with Crippen LogP contribution in [0.1, 0.15) is 12.5 Å². The van der Waals surface area contributed by atoms with Crippen LogP contribution in [0.2, 0.25) is 0 Å². The van der Waals surface area contributed by atoms with Gasteiger partial charge in [-0.25, -0.2) is 5.01 Å². The van der Waals surface area contributed by atoms with Gasteiger partial charge in [-0.3, -0.25) is 4.79 Å². The standard InChI is InChI=1S/C12H13N3O/c1-11(16)14(15-9-5-8-13-15)10-12-6-3-2-4-7-12/h2-9H,10H2,1H3. The maximum Gasteiger partial charge on any atom is 0.239 e. The number of hydrogen-bond donors (Lipinski definition) is 0. The Balaban J connectivity index is 2.19. The van der Waals surface area contributed by atoms with Crippen molar-refractivity contribution in [2.45, 2.75) is 13.5 Å². The summed E-state index contributed by atoms with van der Waals surface area (Å²) < 4.78 is 0. The number of nitrogens with zero attached hydrogens (tertiary/aromatic N) is 3. The SMILES string of the molecule is CC(=O)N(Cc1ccccc1)n1cccn1. The van der Waals surface area contributed by atoms with E-state index < -0.39 is 0 Å². The molecule has 1 aromatic heterocycles. The molecule has 2 aromatic rings. The van der Waals surface area contributed by atoms with Crippen molar-refractivity contribution in [3.63, 3.8) is 0 Å². The Morgan fingerprint density at radius 3 is 2.62 bits per heavy atom. The van der Waals surface area contributed by atoms with Crippen molar-refractivity contribution in [1.29, 1.82) is 0 Å². The van der Waals surface area contributed by atoms with Gasteiger partial charge < -0.3 is 0 Å². The molecule has 0 bridgehead atoms. The maximum atomic E-state index is 11.5. The van der Waals surface area contributed by atoms with Crippen LogP contribution >= 0.6 is 0 Å². The fourth-order valence-electron chi connectivity index (χ4n) is 1.49. The summed E-state index contributed by atoms with van der Waals surface area (Å²) in [5, 5.41) is 5.63. The molecule has 0 atom stereocenters. The highest BCUT2D eigenvalue weighted by atomic mass is 16.2. The molecule has 16 heavy (non-hydrogen) atoms. The number of benzene rings is 1. The molecule has 0 aliphatic carbocycles. The van der Waals surface area contributed by atoms with E-state index in [1.807, 2.05) is 30.3 Å². The van der Waals surface area contributed by atoms with Crippen molar-refractivity contribution in [3.05, 3.63) is 54.4 Å². The first kappa shape index (κ1) is 10.4. The predicted molar refractivity (Wildman–Crippen MR) is 61.3 cm³/mol. The largest absolute Gasteiger partial charge is 0.273 e. The van der Waals surface area contributed by atoms with Crippen molar-refractivity contribution < 1.29 is 4.79 Å². The Morgan fingerprint density at radius 1 is 1.31 bits per heavy atom. The van der Waals surface area contributed by atoms with E-state index in [0.717, 1.165) is 5.56 Å². The van der Waals surface area contributed by atoms with E-state index in [2.05, 4.69) is 5.10 Å². The quantitative estimate of drug-likeness (QED) is 0.779. The number of hydrogen-bond acceptors (Lipinski definition) is 2. The molecule has 1 aromatic carbocycles. The van der Waals surface area contributed by atoms with Crippen molar-refractivity contribution in [1.82, 2.24) is 9.89 Å². The van der Waals surface area contributed by atoms with Crippen molar-refractivity contribution in [2.24, 2.45) is 0 Å². The van der Waals surface area contributed by atoms with Crippen LogP contribution < -0.4 is 5.01 Å². The van der Waals surface area contributed by atoms with Crippen LogP contribution in [0.15, 0.2) is 48.8 Å². The van der Waals surface area contributed by atoms with Gasteiger partial charge in [-0.2, -0.15) is 9.89 Å². The highest BCUT2D eigenvalue weighted by Crippen LogP contribution is 2.03. The number of rotatable bonds is 3. The molecule has 4 heteroatoms. The molecule has 0 N–H and O–H groups in total. The Bertz CT molecular complexity index is 450. The van der Waals surface area contributed by atoms with E-state index in [1.165, 1.54) is 6.92 Å². The number of carbonyl (C=O) groups is 1. The molecule has 1 heterocycles. The Labute approximate surface area is 94.1 Å². The summed E-state index contributed by atoms with van der Waals surface area (Å²) in [5.74, 6) is -0.0347. The summed E-state index contributed by atoms with van der Waals surface area (Å²) in [4.78, 5) is 13.1. The van der Waals surface area contributed by atoms with Crippen LogP contribution in [0, 0.1) is 0 Å². The molecule has 0 unspecified atom stereocenters. The summed E-state index contributed by atoms with van der Waals surface area (Å²) in [6.07, 6.45) is 3.41. The third kappa shape index (κ3) is 2.28. The third-order valence-electron chi connectivity index (χ3n) is 2.28. The van der Waals surface area contributed by atoms with Crippen molar-refractivity contribution >= 4 is 5.91 Å². The minimum Gasteiger partial charge on any atom is -0.273 e. The van der Waals surface area contributed by atoms with Crippen LogP contribution in [0.25, 0.3) is 0 Å². The van der Waals surface area contributed by atoms with Gasteiger partial charge in [-0.15, -0.1) is 0 Å². The van der Waals surface area contributed by atoms with E-state index in [-0.39, 0.29) is 5.91 Å². The minimum atomic E-state index is -0.0347. The molecular weight excluding hydrogens is 202 g/mol. The van der Waals surface area contributed by atoms with Crippen LogP contribution in [0.4, 0.5) is 0 Å². The van der Waals surface area contributed by atoms with Gasteiger partial charge >= 0.3 is 0 Å². The first-order valence-corrected chi connectivity index (χ1v) is 5.09. The van der Waals surface area contributed by atoms with E-state index in [9.17, 15) is 4.79 Å². The zero-order valence-electron chi connectivity index (χ0n) is 9.08. The van der Waals surface area contributed by atoms with Crippen molar-refractivity contribution in [3.8, 4) is 0 Å².